The van der Waals surface area contributed by atoms with E-state index < -0.39 is 5.60 Å². The van der Waals surface area contributed by atoms with Crippen molar-refractivity contribution in [3.8, 4) is 0 Å². The molecule has 1 heterocycles. The van der Waals surface area contributed by atoms with E-state index in [0.717, 1.165) is 5.56 Å². The Morgan fingerprint density at radius 1 is 0.895 bits per heavy atom. The number of aliphatic hydroxyl groups is 1. The summed E-state index contributed by atoms with van der Waals surface area (Å²) in [4.78, 5) is 0. The van der Waals surface area contributed by atoms with Gasteiger partial charge in [0.25, 0.3) is 0 Å². The van der Waals surface area contributed by atoms with Crippen molar-refractivity contribution in [3.05, 3.63) is 34.9 Å². The minimum atomic E-state index is -0.790. The molecule has 0 bridgehead atoms. The highest BCUT2D eigenvalue weighted by Crippen LogP contribution is 2.36. The lowest BCUT2D eigenvalue weighted by Crippen LogP contribution is -2.46. The molecule has 2 heteroatoms. The number of hydrogen-bond donors (Lipinski definition) is 1. The lowest BCUT2D eigenvalue weighted by Gasteiger charge is -2.38. The minimum Gasteiger partial charge on any atom is -0.380 e. The van der Waals surface area contributed by atoms with Gasteiger partial charge in [0, 0.05) is 0 Å². The third-order valence-corrected chi connectivity index (χ3v) is 3.88. The highest BCUT2D eigenvalue weighted by Gasteiger charge is 2.39. The molecule has 0 atom stereocenters. The fourth-order valence-corrected chi connectivity index (χ4v) is 2.22. The molecule has 0 aromatic heterocycles. The summed E-state index contributed by atoms with van der Waals surface area (Å²) in [5.74, 6) is 0. The summed E-state index contributed by atoms with van der Waals surface area (Å²) < 4.78 is 5.19. The Bertz CT molecular complexity index is 439. The summed E-state index contributed by atoms with van der Waals surface area (Å²) >= 11 is 0. The van der Waals surface area contributed by atoms with E-state index in [2.05, 4.69) is 59.7 Å². The maximum atomic E-state index is 10.5. The zero-order chi connectivity index (χ0) is 14.5. The van der Waals surface area contributed by atoms with E-state index in [1.165, 1.54) is 11.1 Å². The molecule has 1 aromatic carbocycles. The van der Waals surface area contributed by atoms with Crippen LogP contribution in [-0.2, 0) is 21.2 Å². The molecule has 1 fully saturated rings. The largest absolute Gasteiger partial charge is 0.380 e. The smallest absolute Gasteiger partial charge is 0.136 e. The average molecular weight is 262 g/mol. The minimum absolute atomic E-state index is 0.0803. The predicted molar refractivity (Wildman–Crippen MR) is 78.6 cm³/mol. The second-order valence-electron chi connectivity index (χ2n) is 7.82. The first-order valence-corrected chi connectivity index (χ1v) is 6.99. The first kappa shape index (κ1) is 14.5. The first-order valence-electron chi connectivity index (χ1n) is 6.99. The monoisotopic (exact) mass is 262 g/mol. The summed E-state index contributed by atoms with van der Waals surface area (Å²) in [5.41, 5.74) is 2.91. The number of ether oxygens (including phenoxy) is 1. The lowest BCUT2D eigenvalue weighted by molar-refractivity contribution is -0.184. The van der Waals surface area contributed by atoms with Crippen LogP contribution in [0.1, 0.15) is 58.2 Å². The first-order chi connectivity index (χ1) is 8.52. The van der Waals surface area contributed by atoms with Crippen molar-refractivity contribution in [1.29, 1.82) is 0 Å². The molecule has 1 aliphatic rings. The van der Waals surface area contributed by atoms with Gasteiger partial charge in [-0.1, -0.05) is 59.7 Å². The van der Waals surface area contributed by atoms with E-state index in [4.69, 9.17) is 4.74 Å². The SMILES string of the molecule is CC(C)(C)c1cc(C(C)(C)C)cc(C2(O)COC2)c1. The Hall–Kier alpha value is -0.860. The van der Waals surface area contributed by atoms with Gasteiger partial charge in [-0.3, -0.25) is 0 Å². The van der Waals surface area contributed by atoms with E-state index >= 15 is 0 Å². The van der Waals surface area contributed by atoms with Crippen LogP contribution in [0, 0.1) is 0 Å². The molecule has 0 saturated carbocycles. The molecule has 1 aromatic rings. The molecule has 0 radical (unpaired) electrons. The van der Waals surface area contributed by atoms with Gasteiger partial charge in [0.05, 0.1) is 13.2 Å². The Labute approximate surface area is 116 Å². The van der Waals surface area contributed by atoms with Gasteiger partial charge in [-0.05, 0) is 27.5 Å². The van der Waals surface area contributed by atoms with Gasteiger partial charge in [-0.25, -0.2) is 0 Å². The topological polar surface area (TPSA) is 29.5 Å². The summed E-state index contributed by atoms with van der Waals surface area (Å²) in [6.45, 7) is 14.1. The average Bonchev–Trinajstić information content (AvgIpc) is 2.23. The van der Waals surface area contributed by atoms with Gasteiger partial charge in [0.15, 0.2) is 0 Å². The van der Waals surface area contributed by atoms with E-state index in [1.807, 2.05) is 0 Å². The van der Waals surface area contributed by atoms with Crippen molar-refractivity contribution in [3.63, 3.8) is 0 Å². The van der Waals surface area contributed by atoms with Gasteiger partial charge < -0.3 is 9.84 Å². The van der Waals surface area contributed by atoms with Crippen molar-refractivity contribution < 1.29 is 9.84 Å². The van der Waals surface area contributed by atoms with Crippen LogP contribution >= 0.6 is 0 Å². The van der Waals surface area contributed by atoms with E-state index in [1.54, 1.807) is 0 Å². The molecule has 0 spiro atoms. The maximum Gasteiger partial charge on any atom is 0.136 e. The highest BCUT2D eigenvalue weighted by atomic mass is 16.5. The predicted octanol–water partition coefficient (Wildman–Crippen LogP) is 3.50. The second-order valence-corrected chi connectivity index (χ2v) is 7.82. The van der Waals surface area contributed by atoms with Crippen LogP contribution in [0.2, 0.25) is 0 Å². The fourth-order valence-electron chi connectivity index (χ4n) is 2.22. The molecule has 19 heavy (non-hydrogen) atoms. The van der Waals surface area contributed by atoms with Crippen molar-refractivity contribution in [2.24, 2.45) is 0 Å². The number of rotatable bonds is 1. The Morgan fingerprint density at radius 3 is 1.58 bits per heavy atom. The van der Waals surface area contributed by atoms with Crippen LogP contribution in [0.3, 0.4) is 0 Å². The summed E-state index contributed by atoms with van der Waals surface area (Å²) in [7, 11) is 0. The molecule has 1 N–H and O–H groups in total. The van der Waals surface area contributed by atoms with Crippen LogP contribution in [0.15, 0.2) is 18.2 Å². The van der Waals surface area contributed by atoms with Crippen molar-refractivity contribution >= 4 is 0 Å². The van der Waals surface area contributed by atoms with E-state index in [0.29, 0.717) is 13.2 Å². The molecular weight excluding hydrogens is 236 g/mol. The third-order valence-electron chi connectivity index (χ3n) is 3.88. The molecule has 0 unspecified atom stereocenters. The maximum absolute atomic E-state index is 10.5. The van der Waals surface area contributed by atoms with Gasteiger partial charge >= 0.3 is 0 Å². The van der Waals surface area contributed by atoms with Crippen LogP contribution in [-0.4, -0.2) is 18.3 Å². The molecule has 0 amide bonds. The molecule has 106 valence electrons. The molecule has 2 nitrogen and oxygen atoms in total. The summed E-state index contributed by atoms with van der Waals surface area (Å²) in [6, 6.07) is 6.54. The van der Waals surface area contributed by atoms with E-state index in [9.17, 15) is 5.11 Å². The molecule has 0 aliphatic carbocycles. The van der Waals surface area contributed by atoms with Gasteiger partial charge in [-0.15, -0.1) is 0 Å². The Kier molecular flexibility index (Phi) is 3.31. The van der Waals surface area contributed by atoms with Crippen LogP contribution in [0.25, 0.3) is 0 Å². The van der Waals surface area contributed by atoms with Gasteiger partial charge in [0.1, 0.15) is 5.60 Å². The number of benzene rings is 1. The number of hydrogen-bond acceptors (Lipinski definition) is 2. The normalized spacial score (nSPS) is 19.1. The van der Waals surface area contributed by atoms with Crippen LogP contribution in [0.5, 0.6) is 0 Å². The van der Waals surface area contributed by atoms with Gasteiger partial charge in [0.2, 0.25) is 0 Å². The van der Waals surface area contributed by atoms with Gasteiger partial charge in [-0.2, -0.15) is 0 Å². The third kappa shape index (κ3) is 2.85. The quantitative estimate of drug-likeness (QED) is 0.839. The molecular formula is C17H26O2. The molecule has 1 aliphatic heterocycles. The van der Waals surface area contributed by atoms with Crippen LogP contribution < -0.4 is 0 Å². The van der Waals surface area contributed by atoms with E-state index in [-0.39, 0.29) is 10.8 Å². The van der Waals surface area contributed by atoms with Crippen molar-refractivity contribution in [2.45, 2.75) is 58.0 Å². The fraction of sp³-hybridized carbons (Fsp3) is 0.647. The summed E-state index contributed by atoms with van der Waals surface area (Å²) in [5, 5.41) is 10.5. The molecule has 2 rings (SSSR count). The van der Waals surface area contributed by atoms with Crippen LogP contribution in [0.4, 0.5) is 0 Å². The highest BCUT2D eigenvalue weighted by molar-refractivity contribution is 5.40. The van der Waals surface area contributed by atoms with Crippen molar-refractivity contribution in [1.82, 2.24) is 0 Å². The Morgan fingerprint density at radius 2 is 1.32 bits per heavy atom. The molecule has 1 saturated heterocycles. The second kappa shape index (κ2) is 4.32. The zero-order valence-electron chi connectivity index (χ0n) is 13.0. The standard InChI is InChI=1S/C17H26O2/c1-15(2,3)12-7-13(16(4,5)6)9-14(8-12)17(18)10-19-11-17/h7-9,18H,10-11H2,1-6H3. The van der Waals surface area contributed by atoms with Crippen molar-refractivity contribution in [2.75, 3.05) is 13.2 Å². The lowest BCUT2D eigenvalue weighted by atomic mass is 9.77. The summed E-state index contributed by atoms with van der Waals surface area (Å²) in [6.07, 6.45) is 0. The zero-order valence-corrected chi connectivity index (χ0v) is 13.0. The Balaban J connectivity index is 2.56.